The van der Waals surface area contributed by atoms with Crippen molar-refractivity contribution in [2.45, 2.75) is 140 Å². The van der Waals surface area contributed by atoms with Crippen molar-refractivity contribution in [2.24, 2.45) is 5.41 Å². The molecule has 0 spiro atoms. The van der Waals surface area contributed by atoms with Gasteiger partial charge in [0.1, 0.15) is 13.8 Å². The summed E-state index contributed by atoms with van der Waals surface area (Å²) in [6.45, 7) is 23.4. The number of aromatic hydroxyl groups is 1. The molecular weight excluding hydrogens is 705 g/mol. The van der Waals surface area contributed by atoms with Crippen LogP contribution in [0, 0.1) is 5.41 Å². The number of allylic oxidation sites excluding steroid dienone is 2. The zero-order valence-electron chi connectivity index (χ0n) is 33.8. The van der Waals surface area contributed by atoms with Gasteiger partial charge in [0, 0.05) is 33.1 Å². The lowest BCUT2D eigenvalue weighted by Crippen LogP contribution is -2.53. The van der Waals surface area contributed by atoms with Crippen LogP contribution >= 0.6 is 23.5 Å². The second-order valence-electron chi connectivity index (χ2n) is 18.6. The fourth-order valence-electron chi connectivity index (χ4n) is 8.03. The van der Waals surface area contributed by atoms with Crippen molar-refractivity contribution in [3.05, 3.63) is 107 Å². The zero-order chi connectivity index (χ0) is 37.9. The normalized spacial score (nSPS) is 22.3. The quantitative estimate of drug-likeness (QED) is 0.202. The Kier molecular flexibility index (Phi) is 13.3. The second-order valence-corrected chi connectivity index (χ2v) is 30.1. The number of benzene rings is 3. The van der Waals surface area contributed by atoms with E-state index in [1.165, 1.54) is 65.6 Å². The highest BCUT2D eigenvalue weighted by Gasteiger charge is 2.41. The Balaban J connectivity index is 1.40. The molecule has 3 aromatic rings. The molecule has 0 saturated heterocycles. The van der Waals surface area contributed by atoms with Gasteiger partial charge in [0.15, 0.2) is 0 Å². The first kappa shape index (κ1) is 41.2. The molecule has 2 aliphatic rings. The van der Waals surface area contributed by atoms with Crippen LogP contribution in [0.2, 0.25) is 31.7 Å². The fraction of sp³-hybridized carbons (Fsp3) is 0.522. The van der Waals surface area contributed by atoms with Crippen molar-refractivity contribution in [2.75, 3.05) is 5.75 Å². The largest absolute Gasteiger partial charge is 0.508 e. The molecule has 0 radical (unpaired) electrons. The van der Waals surface area contributed by atoms with Gasteiger partial charge in [-0.2, -0.15) is 23.5 Å². The predicted octanol–water partition coefficient (Wildman–Crippen LogP) is 10.8. The smallest absolute Gasteiger partial charge is 0.119 e. The first-order chi connectivity index (χ1) is 24.4. The van der Waals surface area contributed by atoms with Gasteiger partial charge in [0.2, 0.25) is 0 Å². The van der Waals surface area contributed by atoms with E-state index in [9.17, 15) is 10.2 Å². The highest BCUT2D eigenvalue weighted by molar-refractivity contribution is 8.03. The summed E-state index contributed by atoms with van der Waals surface area (Å²) in [4.78, 5) is 0. The van der Waals surface area contributed by atoms with Gasteiger partial charge in [0.25, 0.3) is 0 Å². The maximum atomic E-state index is 12.1. The minimum absolute atomic E-state index is 0.00758. The number of thioether (sulfide) groups is 2. The SMILES string of the molecule is CC(C)(C)C1=CC([Si](C)(C)c2ccccc2)C(O)C(CSC2CCCCCC[C@@H]2SCc2cc(C(C)(C)C)cc([Si](C)(C)c3ccccc3)c2O)=C1. The minimum atomic E-state index is -2.13. The van der Waals surface area contributed by atoms with Gasteiger partial charge in [-0.3, -0.25) is 0 Å². The second kappa shape index (κ2) is 16.8. The minimum Gasteiger partial charge on any atom is -0.508 e. The molecule has 6 heteroatoms. The molecule has 282 valence electrons. The van der Waals surface area contributed by atoms with Crippen molar-refractivity contribution in [1.29, 1.82) is 0 Å². The summed E-state index contributed by atoms with van der Waals surface area (Å²) in [5.74, 6) is 2.22. The van der Waals surface area contributed by atoms with Gasteiger partial charge < -0.3 is 10.2 Å². The maximum Gasteiger partial charge on any atom is 0.119 e. The summed E-state index contributed by atoms with van der Waals surface area (Å²) in [6, 6.07) is 26.4. The van der Waals surface area contributed by atoms with E-state index in [2.05, 4.69) is 176 Å². The number of phenolic OH excluding ortho intramolecular Hbond substituents is 1. The Labute approximate surface area is 327 Å². The van der Waals surface area contributed by atoms with Crippen molar-refractivity contribution < 1.29 is 10.2 Å². The van der Waals surface area contributed by atoms with Crippen LogP contribution in [0.25, 0.3) is 0 Å². The average molecular weight is 771 g/mol. The predicted molar refractivity (Wildman–Crippen MR) is 238 cm³/mol. The van der Waals surface area contributed by atoms with Crippen molar-refractivity contribution >= 4 is 55.2 Å². The Morgan fingerprint density at radius 2 is 1.23 bits per heavy atom. The lowest BCUT2D eigenvalue weighted by molar-refractivity contribution is 0.209. The molecule has 4 atom stereocenters. The van der Waals surface area contributed by atoms with Crippen LogP contribution in [0.1, 0.15) is 91.2 Å². The van der Waals surface area contributed by atoms with E-state index in [-0.39, 0.29) is 16.4 Å². The lowest BCUT2D eigenvalue weighted by Gasteiger charge is -2.40. The van der Waals surface area contributed by atoms with E-state index in [1.54, 1.807) is 0 Å². The van der Waals surface area contributed by atoms with Crippen molar-refractivity contribution in [1.82, 2.24) is 0 Å². The standard InChI is InChI=1S/C46H66O2S2Si2/c1-45(2,3)35-27-33(43(47)41(29-35)51(7,8)37-21-15-13-16-22-37)31-49-39-25-19-11-12-20-26-40(39)50-32-34-28-36(46(4,5)6)30-42(44(34)48)52(9,10)38-23-17-14-18-24-38/h13-18,21-24,27-30,39-41,43,47-48H,11-12,19-20,25-26,31-32H2,1-10H3/t39?,40-,41?,43?/m0/s1. The molecule has 1 saturated carbocycles. The molecule has 5 rings (SSSR count). The van der Waals surface area contributed by atoms with E-state index in [0.717, 1.165) is 22.3 Å². The molecule has 0 bridgehead atoms. The van der Waals surface area contributed by atoms with Crippen molar-refractivity contribution in [3.63, 3.8) is 0 Å². The molecule has 2 N–H and O–H groups in total. The molecule has 3 unspecified atom stereocenters. The summed E-state index contributed by atoms with van der Waals surface area (Å²) >= 11 is 4.17. The highest BCUT2D eigenvalue weighted by Crippen LogP contribution is 2.44. The van der Waals surface area contributed by atoms with E-state index in [1.807, 2.05) is 0 Å². The van der Waals surface area contributed by atoms with Gasteiger partial charge in [-0.1, -0.05) is 189 Å². The summed E-state index contributed by atoms with van der Waals surface area (Å²) < 4.78 is 0. The third-order valence-corrected chi connectivity index (χ3v) is 22.5. The summed E-state index contributed by atoms with van der Waals surface area (Å²) in [5, 5.41) is 29.1. The van der Waals surface area contributed by atoms with Gasteiger partial charge in [-0.25, -0.2) is 0 Å². The third kappa shape index (κ3) is 9.63. The van der Waals surface area contributed by atoms with Crippen LogP contribution in [0.3, 0.4) is 0 Å². The number of phenols is 1. The van der Waals surface area contributed by atoms with Crippen molar-refractivity contribution in [3.8, 4) is 5.75 Å². The highest BCUT2D eigenvalue weighted by atomic mass is 32.2. The van der Waals surface area contributed by atoms with E-state index in [0.29, 0.717) is 16.2 Å². The lowest BCUT2D eigenvalue weighted by atomic mass is 9.81. The van der Waals surface area contributed by atoms with Crippen LogP contribution in [-0.4, -0.2) is 48.7 Å². The number of aliphatic hydroxyl groups excluding tert-OH is 1. The Morgan fingerprint density at radius 3 is 1.77 bits per heavy atom. The van der Waals surface area contributed by atoms with E-state index in [4.69, 9.17) is 0 Å². The maximum absolute atomic E-state index is 12.1. The van der Waals surface area contributed by atoms with Crippen LogP contribution in [0.5, 0.6) is 5.75 Å². The summed E-state index contributed by atoms with van der Waals surface area (Å²) in [5.41, 5.74) is 5.14. The number of hydrogen-bond donors (Lipinski definition) is 2. The monoisotopic (exact) mass is 770 g/mol. The molecule has 2 nitrogen and oxygen atoms in total. The third-order valence-electron chi connectivity index (χ3n) is 11.9. The summed E-state index contributed by atoms with van der Waals surface area (Å²) in [6.07, 6.45) is 11.9. The molecule has 0 aliphatic heterocycles. The number of hydrogen-bond acceptors (Lipinski definition) is 4. The molecule has 0 heterocycles. The first-order valence-electron chi connectivity index (χ1n) is 19.7. The molecule has 52 heavy (non-hydrogen) atoms. The van der Waals surface area contributed by atoms with Gasteiger partial charge >= 0.3 is 0 Å². The number of aliphatic hydroxyl groups is 1. The van der Waals surface area contributed by atoms with E-state index < -0.39 is 22.3 Å². The fourth-order valence-corrected chi connectivity index (χ4v) is 16.8. The van der Waals surface area contributed by atoms with Crippen LogP contribution < -0.4 is 15.6 Å². The molecule has 0 amide bonds. The zero-order valence-corrected chi connectivity index (χ0v) is 37.4. The topological polar surface area (TPSA) is 40.5 Å². The van der Waals surface area contributed by atoms with Crippen LogP contribution in [0.15, 0.2) is 96.1 Å². The van der Waals surface area contributed by atoms with E-state index >= 15 is 0 Å². The summed E-state index contributed by atoms with van der Waals surface area (Å²) in [7, 11) is -4.15. The molecular formula is C46H66O2S2Si2. The molecule has 1 fully saturated rings. The van der Waals surface area contributed by atoms with Crippen LogP contribution in [0.4, 0.5) is 0 Å². The molecule has 0 aromatic heterocycles. The Bertz CT molecular complexity index is 1700. The van der Waals surface area contributed by atoms with Gasteiger partial charge in [-0.15, -0.1) is 0 Å². The molecule has 2 aliphatic carbocycles. The first-order valence-corrected chi connectivity index (χ1v) is 27.9. The number of rotatable bonds is 10. The Hall–Kier alpha value is -1.97. The average Bonchev–Trinajstić information content (AvgIpc) is 3.08. The van der Waals surface area contributed by atoms with Crippen LogP contribution in [-0.2, 0) is 11.2 Å². The van der Waals surface area contributed by atoms with Gasteiger partial charge in [0.05, 0.1) is 14.2 Å². The van der Waals surface area contributed by atoms with Gasteiger partial charge in [-0.05, 0) is 45.6 Å². The molecule has 3 aromatic carbocycles. The Morgan fingerprint density at radius 1 is 0.692 bits per heavy atom.